The van der Waals surface area contributed by atoms with Crippen LogP contribution in [0.25, 0.3) is 0 Å². The lowest BCUT2D eigenvalue weighted by Gasteiger charge is -2.37. The van der Waals surface area contributed by atoms with E-state index in [1.54, 1.807) is 22.5 Å². The van der Waals surface area contributed by atoms with Gasteiger partial charge in [0, 0.05) is 78.1 Å². The number of hydrogen-bond donors (Lipinski definition) is 3. The van der Waals surface area contributed by atoms with Gasteiger partial charge in [0.25, 0.3) is 0 Å². The standard InChI is InChI=1S/C54H84FN7O7S2/c1-7-11-28-60(29-12-8-2)49-37-44(43-57-27-32-59(5)6)39-51(53(49)69-48-25-21-22-46(55)41-48)70(63,64)58-26-19-14-15-20-31-61(30-13-9-3)50-38-45(42-56-10-4)40-52(54(50)68-47-23-17-16-18-24-47)71(65,66)62-33-35-67-36-34-62/h16-18,21-25,37-39,41,52,56-58H,7-15,19-20,26-36,40,42-43H2,1-6H3. The molecule has 5 rings (SSSR count). The fourth-order valence-electron chi connectivity index (χ4n) is 8.71. The number of nitrogens with zero attached hydrogens (tertiary/aromatic N) is 4. The summed E-state index contributed by atoms with van der Waals surface area (Å²) in [6, 6.07) is 19.0. The molecule has 14 nitrogen and oxygen atoms in total. The van der Waals surface area contributed by atoms with Crippen molar-refractivity contribution in [3.8, 4) is 17.2 Å². The second kappa shape index (κ2) is 30.2. The van der Waals surface area contributed by atoms with Crippen LogP contribution in [0.15, 0.2) is 94.7 Å². The van der Waals surface area contributed by atoms with E-state index < -0.39 is 31.1 Å². The number of likely N-dealkylation sites (N-methyl/N-ethyl adjacent to an activating group) is 2. The number of morpholine rings is 1. The molecule has 3 aromatic carbocycles. The van der Waals surface area contributed by atoms with Crippen LogP contribution in [-0.2, 0) is 31.3 Å². The zero-order valence-corrected chi connectivity index (χ0v) is 45.2. The van der Waals surface area contributed by atoms with Crippen LogP contribution in [0.4, 0.5) is 10.1 Å². The van der Waals surface area contributed by atoms with Gasteiger partial charge in [-0.05, 0) is 107 Å². The van der Waals surface area contributed by atoms with Gasteiger partial charge in [-0.25, -0.2) is 25.9 Å². The fourth-order valence-corrected chi connectivity index (χ4v) is 11.9. The quantitative estimate of drug-likeness (QED) is 0.0492. The minimum Gasteiger partial charge on any atom is -0.458 e. The number of benzene rings is 3. The molecule has 17 heteroatoms. The molecule has 2 aliphatic rings. The third-order valence-electron chi connectivity index (χ3n) is 12.7. The predicted octanol–water partition coefficient (Wildman–Crippen LogP) is 8.88. The molecule has 1 atom stereocenters. The monoisotopic (exact) mass is 1030 g/mol. The van der Waals surface area contributed by atoms with Crippen molar-refractivity contribution in [1.82, 2.24) is 29.5 Å². The van der Waals surface area contributed by atoms with Crippen LogP contribution in [0.2, 0.25) is 0 Å². The van der Waals surface area contributed by atoms with Crippen molar-refractivity contribution in [2.24, 2.45) is 0 Å². The number of ether oxygens (including phenoxy) is 3. The Morgan fingerprint density at radius 1 is 0.704 bits per heavy atom. The lowest BCUT2D eigenvalue weighted by Crippen LogP contribution is -2.48. The maximum Gasteiger partial charge on any atom is 0.244 e. The Balaban J connectivity index is 1.38. The van der Waals surface area contributed by atoms with E-state index in [-0.39, 0.29) is 22.9 Å². The number of rotatable bonds is 34. The zero-order valence-electron chi connectivity index (χ0n) is 43.5. The van der Waals surface area contributed by atoms with E-state index in [1.165, 1.54) is 12.1 Å². The summed E-state index contributed by atoms with van der Waals surface area (Å²) >= 11 is 0. The second-order valence-electron chi connectivity index (χ2n) is 18.8. The number of unbranched alkanes of at least 4 members (excludes halogenated alkanes) is 6. The van der Waals surface area contributed by atoms with E-state index in [1.807, 2.05) is 57.4 Å². The first-order valence-corrected chi connectivity index (χ1v) is 29.2. The van der Waals surface area contributed by atoms with Gasteiger partial charge in [0.1, 0.15) is 33.2 Å². The molecule has 0 radical (unpaired) electrons. The minimum absolute atomic E-state index is 0.0259. The summed E-state index contributed by atoms with van der Waals surface area (Å²) in [5, 5.41) is 6.00. The Labute approximate surface area is 426 Å². The Morgan fingerprint density at radius 2 is 1.37 bits per heavy atom. The highest BCUT2D eigenvalue weighted by Crippen LogP contribution is 2.41. The van der Waals surface area contributed by atoms with Gasteiger partial charge >= 0.3 is 0 Å². The van der Waals surface area contributed by atoms with Crippen LogP contribution in [0.5, 0.6) is 17.2 Å². The van der Waals surface area contributed by atoms with E-state index in [0.29, 0.717) is 76.0 Å². The van der Waals surface area contributed by atoms with Crippen LogP contribution in [-0.4, -0.2) is 135 Å². The number of sulfonamides is 2. The first kappa shape index (κ1) is 57.8. The predicted molar refractivity (Wildman–Crippen MR) is 286 cm³/mol. The van der Waals surface area contributed by atoms with Crippen molar-refractivity contribution in [3.63, 3.8) is 0 Å². The third-order valence-corrected chi connectivity index (χ3v) is 16.4. The zero-order chi connectivity index (χ0) is 51.1. The molecule has 1 unspecified atom stereocenters. The number of nitrogens with one attached hydrogen (secondary N) is 3. The van der Waals surface area contributed by atoms with Crippen molar-refractivity contribution in [2.45, 2.75) is 115 Å². The molecule has 396 valence electrons. The van der Waals surface area contributed by atoms with Gasteiger partial charge in [-0.15, -0.1) is 0 Å². The van der Waals surface area contributed by atoms with Crippen molar-refractivity contribution in [2.75, 3.05) is 104 Å². The van der Waals surface area contributed by atoms with Gasteiger partial charge in [0.05, 0.1) is 24.6 Å². The smallest absolute Gasteiger partial charge is 0.244 e. The molecule has 0 amide bonds. The number of anilines is 1. The van der Waals surface area contributed by atoms with Crippen molar-refractivity contribution in [3.05, 3.63) is 101 Å². The second-order valence-corrected chi connectivity index (χ2v) is 22.7. The summed E-state index contributed by atoms with van der Waals surface area (Å²) < 4.78 is 96.1. The van der Waals surface area contributed by atoms with Crippen LogP contribution >= 0.6 is 0 Å². The summed E-state index contributed by atoms with van der Waals surface area (Å²) in [7, 11) is -3.91. The molecule has 1 aliphatic carbocycles. The molecule has 0 aromatic heterocycles. The van der Waals surface area contributed by atoms with Crippen LogP contribution in [0, 0.1) is 5.82 Å². The highest BCUT2D eigenvalue weighted by molar-refractivity contribution is 7.90. The Bertz CT molecular complexity index is 2340. The number of halogens is 1. The molecule has 0 spiro atoms. The van der Waals surface area contributed by atoms with Crippen LogP contribution in [0.1, 0.15) is 104 Å². The van der Waals surface area contributed by atoms with E-state index >= 15 is 0 Å². The molecular weight excluding hydrogens is 942 g/mol. The average Bonchev–Trinajstić information content (AvgIpc) is 3.36. The first-order chi connectivity index (χ1) is 34.3. The van der Waals surface area contributed by atoms with Crippen molar-refractivity contribution < 1.29 is 35.4 Å². The molecule has 71 heavy (non-hydrogen) atoms. The molecule has 1 heterocycles. The van der Waals surface area contributed by atoms with Crippen molar-refractivity contribution in [1.29, 1.82) is 0 Å². The maximum absolute atomic E-state index is 14.6. The molecule has 0 saturated carbocycles. The number of hydrogen-bond acceptors (Lipinski definition) is 12. The van der Waals surface area contributed by atoms with E-state index in [4.69, 9.17) is 14.2 Å². The maximum atomic E-state index is 14.6. The SMILES string of the molecule is CCCCN(CCCCCCNS(=O)(=O)c1cc(CNCCN(C)C)cc(N(CCCC)CCCC)c1Oc1cccc(F)c1)C1=C(Oc2ccccc2)C(S(=O)(=O)N2CCOCC2)CC(CNCC)=C1. The lowest BCUT2D eigenvalue weighted by atomic mass is 9.99. The number of allylic oxidation sites excluding steroid dienone is 1. The summed E-state index contributed by atoms with van der Waals surface area (Å²) in [6.45, 7) is 16.2. The topological polar surface area (TPSA) is 145 Å². The fraction of sp³-hybridized carbons (Fsp3) is 0.593. The molecule has 1 aliphatic heterocycles. The van der Waals surface area contributed by atoms with Gasteiger partial charge < -0.3 is 39.5 Å². The summed E-state index contributed by atoms with van der Waals surface area (Å²) in [4.78, 5) is 6.63. The van der Waals surface area contributed by atoms with Crippen molar-refractivity contribution >= 4 is 25.7 Å². The average molecular weight is 1030 g/mol. The Hall–Kier alpha value is -4.07. The molecule has 1 saturated heterocycles. The molecule has 3 aromatic rings. The van der Waals surface area contributed by atoms with Crippen LogP contribution in [0.3, 0.4) is 0 Å². The molecule has 0 bridgehead atoms. The highest BCUT2D eigenvalue weighted by atomic mass is 32.2. The Kier molecular flexibility index (Phi) is 24.6. The summed E-state index contributed by atoms with van der Waals surface area (Å²) in [6.07, 6.45) is 11.1. The van der Waals surface area contributed by atoms with Gasteiger partial charge in [-0.3, -0.25) is 0 Å². The summed E-state index contributed by atoms with van der Waals surface area (Å²) in [5.41, 5.74) is 3.30. The molecule has 1 fully saturated rings. The van der Waals surface area contributed by atoms with Gasteiger partial charge in [-0.2, -0.15) is 4.31 Å². The van der Waals surface area contributed by atoms with E-state index in [2.05, 4.69) is 56.9 Å². The van der Waals surface area contributed by atoms with Gasteiger partial charge in [0.2, 0.25) is 20.0 Å². The van der Waals surface area contributed by atoms with Gasteiger partial charge in [-0.1, -0.05) is 89.6 Å². The highest BCUT2D eigenvalue weighted by Gasteiger charge is 2.41. The van der Waals surface area contributed by atoms with Crippen LogP contribution < -0.4 is 29.7 Å². The largest absolute Gasteiger partial charge is 0.458 e. The third kappa shape index (κ3) is 18.1. The first-order valence-electron chi connectivity index (χ1n) is 26.2. The normalized spacial score (nSPS) is 15.8. The molecular formula is C54H84FN7O7S2. The minimum atomic E-state index is -4.12. The van der Waals surface area contributed by atoms with E-state index in [0.717, 1.165) is 114 Å². The number of para-hydroxylation sites is 1. The summed E-state index contributed by atoms with van der Waals surface area (Å²) in [5.74, 6) is 0.971. The lowest BCUT2D eigenvalue weighted by molar-refractivity contribution is 0.0725. The van der Waals surface area contributed by atoms with Gasteiger partial charge in [0.15, 0.2) is 5.75 Å². The molecule has 3 N–H and O–H groups in total. The van der Waals surface area contributed by atoms with E-state index in [9.17, 15) is 21.2 Å². The Morgan fingerprint density at radius 3 is 2.03 bits per heavy atom.